The molecule has 28 heavy (non-hydrogen) atoms. The van der Waals surface area contributed by atoms with Crippen molar-refractivity contribution in [2.75, 3.05) is 13.7 Å². The van der Waals surface area contributed by atoms with Crippen LogP contribution in [0.4, 0.5) is 10.1 Å². The van der Waals surface area contributed by atoms with Gasteiger partial charge in [0.25, 0.3) is 5.69 Å². The summed E-state index contributed by atoms with van der Waals surface area (Å²) in [6, 6.07) is 6.28. The van der Waals surface area contributed by atoms with Crippen molar-refractivity contribution in [2.24, 2.45) is 0 Å². The van der Waals surface area contributed by atoms with Crippen molar-refractivity contribution in [3.05, 3.63) is 52.6 Å². The molecule has 0 amide bonds. The molecule has 1 unspecified atom stereocenters. The molecule has 1 atom stereocenters. The molecule has 0 saturated heterocycles. The number of methoxy groups -OCH3 is 1. The van der Waals surface area contributed by atoms with Crippen molar-refractivity contribution in [3.63, 3.8) is 0 Å². The Balaban J connectivity index is 2.12. The van der Waals surface area contributed by atoms with Crippen LogP contribution < -0.4 is 14.2 Å². The number of ether oxygens (including phenoxy) is 3. The molecule has 1 aromatic heterocycles. The summed E-state index contributed by atoms with van der Waals surface area (Å²) in [5.74, 6) is -0.641. The average Bonchev–Trinajstić information content (AvgIpc) is 2.69. The molecule has 0 fully saturated rings. The van der Waals surface area contributed by atoms with Crippen LogP contribution in [-0.4, -0.2) is 39.8 Å². The molecule has 9 nitrogen and oxygen atoms in total. The molecular formula is C18H16FN3O6. The monoisotopic (exact) mass is 389 g/mol. The van der Waals surface area contributed by atoms with Gasteiger partial charge in [0.15, 0.2) is 23.1 Å². The summed E-state index contributed by atoms with van der Waals surface area (Å²) in [5.41, 5.74) is 0.0353. The van der Waals surface area contributed by atoms with Gasteiger partial charge in [0.05, 0.1) is 30.2 Å². The number of nitro groups is 1. The molecule has 0 aliphatic rings. The second kappa shape index (κ2) is 8.01. The molecule has 0 radical (unpaired) electrons. The van der Waals surface area contributed by atoms with Crippen molar-refractivity contribution in [1.82, 2.24) is 9.97 Å². The Morgan fingerprint density at radius 2 is 2.00 bits per heavy atom. The summed E-state index contributed by atoms with van der Waals surface area (Å²) in [7, 11) is 1.44. The van der Waals surface area contributed by atoms with E-state index in [2.05, 4.69) is 9.97 Å². The molecule has 0 aliphatic heterocycles. The molecule has 0 bridgehead atoms. The van der Waals surface area contributed by atoms with Crippen LogP contribution >= 0.6 is 0 Å². The summed E-state index contributed by atoms with van der Waals surface area (Å²) in [4.78, 5) is 18.2. The van der Waals surface area contributed by atoms with Crippen molar-refractivity contribution in [2.45, 2.75) is 13.0 Å². The number of aliphatic hydroxyl groups is 1. The van der Waals surface area contributed by atoms with E-state index in [1.807, 2.05) is 0 Å². The predicted octanol–water partition coefficient (Wildman–Crippen LogP) is 3.24. The first kappa shape index (κ1) is 19.2. The highest BCUT2D eigenvalue weighted by Crippen LogP contribution is 2.41. The largest absolute Gasteiger partial charge is 0.493 e. The number of nitro benzene ring substituents is 1. The number of non-ortho nitro benzene ring substituents is 1. The second-order valence-corrected chi connectivity index (χ2v) is 5.75. The lowest BCUT2D eigenvalue weighted by atomic mass is 10.2. The zero-order valence-electron chi connectivity index (χ0n) is 15.0. The van der Waals surface area contributed by atoms with Crippen molar-refractivity contribution in [3.8, 4) is 23.1 Å². The fourth-order valence-corrected chi connectivity index (χ4v) is 2.46. The molecule has 1 N–H and O–H groups in total. The summed E-state index contributed by atoms with van der Waals surface area (Å²) >= 11 is 0. The predicted molar refractivity (Wildman–Crippen MR) is 96.4 cm³/mol. The van der Waals surface area contributed by atoms with Gasteiger partial charge >= 0.3 is 0 Å². The molecule has 146 valence electrons. The molecule has 10 heteroatoms. The third kappa shape index (κ3) is 3.76. The third-order valence-electron chi connectivity index (χ3n) is 3.81. The van der Waals surface area contributed by atoms with E-state index in [-0.39, 0.29) is 24.0 Å². The maximum Gasteiger partial charge on any atom is 0.272 e. The van der Waals surface area contributed by atoms with Gasteiger partial charge in [-0.2, -0.15) is 0 Å². The van der Waals surface area contributed by atoms with Gasteiger partial charge in [0.1, 0.15) is 17.8 Å². The Kier molecular flexibility index (Phi) is 5.50. The molecule has 0 aliphatic carbocycles. The number of aromatic nitrogens is 2. The Morgan fingerprint density at radius 3 is 2.64 bits per heavy atom. The lowest BCUT2D eigenvalue weighted by Gasteiger charge is -2.18. The minimum absolute atomic E-state index is 0.0307. The maximum atomic E-state index is 14.2. The van der Waals surface area contributed by atoms with Crippen LogP contribution in [0.1, 0.15) is 6.92 Å². The van der Waals surface area contributed by atoms with Crippen LogP contribution in [0.2, 0.25) is 0 Å². The van der Waals surface area contributed by atoms with E-state index in [1.165, 1.54) is 13.4 Å². The summed E-state index contributed by atoms with van der Waals surface area (Å²) < 4.78 is 30.9. The van der Waals surface area contributed by atoms with Crippen LogP contribution in [0.3, 0.4) is 0 Å². The average molecular weight is 389 g/mol. The van der Waals surface area contributed by atoms with Crippen molar-refractivity contribution >= 4 is 16.6 Å². The SMILES string of the molecule is COc1ccc2ncnc(Oc3ccc([N+](=O)[O-])cc3F)c2c1OC(C)CO. The van der Waals surface area contributed by atoms with Crippen molar-refractivity contribution in [1.29, 1.82) is 0 Å². The Hall–Kier alpha value is -3.53. The zero-order chi connectivity index (χ0) is 20.3. The van der Waals surface area contributed by atoms with E-state index in [0.29, 0.717) is 16.7 Å². The number of hydrogen-bond donors (Lipinski definition) is 1. The number of fused-ring (bicyclic) bond motifs is 1. The third-order valence-corrected chi connectivity index (χ3v) is 3.81. The molecule has 3 aromatic rings. The topological polar surface area (TPSA) is 117 Å². The molecular weight excluding hydrogens is 373 g/mol. The maximum absolute atomic E-state index is 14.2. The van der Waals surface area contributed by atoms with Crippen LogP contribution in [0.5, 0.6) is 23.1 Å². The molecule has 0 spiro atoms. The van der Waals surface area contributed by atoms with Gasteiger partial charge in [0, 0.05) is 6.07 Å². The van der Waals surface area contributed by atoms with Gasteiger partial charge in [-0.05, 0) is 25.1 Å². The van der Waals surface area contributed by atoms with Crippen LogP contribution in [0.25, 0.3) is 10.9 Å². The van der Waals surface area contributed by atoms with Gasteiger partial charge in [-0.3, -0.25) is 10.1 Å². The van der Waals surface area contributed by atoms with Crippen LogP contribution in [0.15, 0.2) is 36.7 Å². The first-order valence-electron chi connectivity index (χ1n) is 8.15. The standard InChI is InChI=1S/C18H16FN3O6/c1-10(8-23)27-17-15(26-2)6-4-13-16(17)18(21-9-20-13)28-14-5-3-11(22(24)25)7-12(14)19/h3-7,9-10,23H,8H2,1-2H3. The summed E-state index contributed by atoms with van der Waals surface area (Å²) in [5, 5.41) is 20.4. The lowest BCUT2D eigenvalue weighted by molar-refractivity contribution is -0.385. The van der Waals surface area contributed by atoms with Gasteiger partial charge < -0.3 is 19.3 Å². The minimum Gasteiger partial charge on any atom is -0.493 e. The van der Waals surface area contributed by atoms with Crippen LogP contribution in [-0.2, 0) is 0 Å². The number of aliphatic hydroxyl groups excluding tert-OH is 1. The number of hydrogen-bond acceptors (Lipinski definition) is 8. The van der Waals surface area contributed by atoms with Gasteiger partial charge in [-0.1, -0.05) is 0 Å². The fraction of sp³-hybridized carbons (Fsp3) is 0.222. The molecule has 2 aromatic carbocycles. The smallest absolute Gasteiger partial charge is 0.272 e. The molecule has 0 saturated carbocycles. The van der Waals surface area contributed by atoms with Crippen LogP contribution in [0, 0.1) is 15.9 Å². The van der Waals surface area contributed by atoms with E-state index in [4.69, 9.17) is 14.2 Å². The normalized spacial score (nSPS) is 11.9. The Labute approximate surface area is 158 Å². The number of rotatable bonds is 7. The van der Waals surface area contributed by atoms with E-state index in [0.717, 1.165) is 18.2 Å². The first-order chi connectivity index (χ1) is 13.4. The minimum atomic E-state index is -0.921. The van der Waals surface area contributed by atoms with E-state index in [9.17, 15) is 19.6 Å². The summed E-state index contributed by atoms with van der Waals surface area (Å²) in [6.07, 6.45) is 0.663. The van der Waals surface area contributed by atoms with E-state index >= 15 is 0 Å². The van der Waals surface area contributed by atoms with Gasteiger partial charge in [-0.15, -0.1) is 0 Å². The van der Waals surface area contributed by atoms with Gasteiger partial charge in [-0.25, -0.2) is 14.4 Å². The van der Waals surface area contributed by atoms with Gasteiger partial charge in [0.2, 0.25) is 5.88 Å². The number of benzene rings is 2. The highest BCUT2D eigenvalue weighted by atomic mass is 19.1. The second-order valence-electron chi connectivity index (χ2n) is 5.75. The van der Waals surface area contributed by atoms with E-state index in [1.54, 1.807) is 19.1 Å². The molecule has 1 heterocycles. The highest BCUT2D eigenvalue weighted by Gasteiger charge is 2.20. The number of halogens is 1. The molecule has 3 rings (SSSR count). The zero-order valence-corrected chi connectivity index (χ0v) is 15.0. The van der Waals surface area contributed by atoms with Crippen molar-refractivity contribution < 1.29 is 28.6 Å². The Morgan fingerprint density at radius 1 is 1.25 bits per heavy atom. The lowest BCUT2D eigenvalue weighted by Crippen LogP contribution is -2.17. The quantitative estimate of drug-likeness (QED) is 0.483. The first-order valence-corrected chi connectivity index (χ1v) is 8.15. The Bertz CT molecular complexity index is 1030. The highest BCUT2D eigenvalue weighted by molar-refractivity contribution is 5.92. The fourth-order valence-electron chi connectivity index (χ4n) is 2.46. The number of nitrogens with zero attached hydrogens (tertiary/aromatic N) is 3. The van der Waals surface area contributed by atoms with E-state index < -0.39 is 22.5 Å². The summed E-state index contributed by atoms with van der Waals surface area (Å²) in [6.45, 7) is 1.40.